The van der Waals surface area contributed by atoms with Gasteiger partial charge >= 0.3 is 6.03 Å². The molecular formula is C7H10N4O. The Morgan fingerprint density at radius 1 is 1.58 bits per heavy atom. The highest BCUT2D eigenvalue weighted by Crippen LogP contribution is 2.08. The molecule has 1 rings (SSSR count). The number of anilines is 1. The summed E-state index contributed by atoms with van der Waals surface area (Å²) in [5, 5.41) is 0. The number of carbonyl (C=O) groups excluding carboxylic acids is 1. The average molecular weight is 166 g/mol. The molecule has 0 atom stereocenters. The van der Waals surface area contributed by atoms with Crippen molar-refractivity contribution in [2.24, 2.45) is 5.84 Å². The molecule has 0 spiro atoms. The molecule has 0 fully saturated rings. The van der Waals surface area contributed by atoms with Crippen LogP contribution >= 0.6 is 0 Å². The zero-order valence-electron chi connectivity index (χ0n) is 6.69. The summed E-state index contributed by atoms with van der Waals surface area (Å²) < 4.78 is 0. The van der Waals surface area contributed by atoms with E-state index in [1.54, 1.807) is 31.6 Å². The third kappa shape index (κ3) is 1.70. The second-order valence-electron chi connectivity index (χ2n) is 2.21. The number of hydrogen-bond acceptors (Lipinski definition) is 3. The maximum absolute atomic E-state index is 11.0. The number of aromatic nitrogens is 1. The molecule has 64 valence electrons. The molecule has 0 aliphatic heterocycles. The van der Waals surface area contributed by atoms with Crippen LogP contribution in [0.2, 0.25) is 0 Å². The number of amides is 2. The van der Waals surface area contributed by atoms with E-state index in [9.17, 15) is 4.79 Å². The summed E-state index contributed by atoms with van der Waals surface area (Å²) in [5.41, 5.74) is 2.77. The first kappa shape index (κ1) is 8.48. The Balaban J connectivity index is 2.78. The molecule has 0 aliphatic rings. The second kappa shape index (κ2) is 3.68. The number of nitrogens with one attached hydrogen (secondary N) is 1. The van der Waals surface area contributed by atoms with Gasteiger partial charge in [-0.3, -0.25) is 15.3 Å². The van der Waals surface area contributed by atoms with Gasteiger partial charge in [0, 0.05) is 25.1 Å². The smallest absolute Gasteiger partial charge is 0.296 e. The summed E-state index contributed by atoms with van der Waals surface area (Å²) in [4.78, 5) is 16.2. The number of nitrogens with two attached hydrogens (primary N) is 1. The first-order valence-corrected chi connectivity index (χ1v) is 3.40. The van der Waals surface area contributed by atoms with Gasteiger partial charge in [-0.2, -0.15) is 0 Å². The molecule has 0 saturated heterocycles. The van der Waals surface area contributed by atoms with Crippen LogP contribution in [0, 0.1) is 0 Å². The van der Waals surface area contributed by atoms with Gasteiger partial charge in [0.05, 0.1) is 0 Å². The van der Waals surface area contributed by atoms with Gasteiger partial charge in [0.2, 0.25) is 0 Å². The van der Waals surface area contributed by atoms with Gasteiger partial charge in [-0.05, 0) is 12.1 Å². The molecule has 0 saturated carbocycles. The predicted molar refractivity (Wildman–Crippen MR) is 45.4 cm³/mol. The molecule has 1 heterocycles. The van der Waals surface area contributed by atoms with Gasteiger partial charge in [-0.15, -0.1) is 0 Å². The van der Waals surface area contributed by atoms with Crippen molar-refractivity contribution in [1.29, 1.82) is 0 Å². The Morgan fingerprint density at radius 2 is 2.17 bits per heavy atom. The molecule has 3 N–H and O–H groups in total. The standard InChI is InChI=1S/C7H10N4O/c1-11(7(12)10-8)6-2-4-9-5-3-6/h2-5H,8H2,1H3,(H,10,12). The monoisotopic (exact) mass is 166 g/mol. The average Bonchev–Trinajstić information content (AvgIpc) is 2.17. The number of rotatable bonds is 1. The Kier molecular flexibility index (Phi) is 2.60. The lowest BCUT2D eigenvalue weighted by Crippen LogP contribution is -2.41. The summed E-state index contributed by atoms with van der Waals surface area (Å²) in [5.74, 6) is 4.95. The highest BCUT2D eigenvalue weighted by atomic mass is 16.2. The van der Waals surface area contributed by atoms with E-state index in [4.69, 9.17) is 5.84 Å². The summed E-state index contributed by atoms with van der Waals surface area (Å²) in [6, 6.07) is 3.08. The molecule has 0 radical (unpaired) electrons. The molecule has 12 heavy (non-hydrogen) atoms. The van der Waals surface area contributed by atoms with Crippen LogP contribution in [0.5, 0.6) is 0 Å². The van der Waals surface area contributed by atoms with E-state index in [0.717, 1.165) is 5.69 Å². The van der Waals surface area contributed by atoms with Crippen molar-refractivity contribution in [2.75, 3.05) is 11.9 Å². The molecule has 1 aromatic rings. The minimum atomic E-state index is -0.360. The summed E-state index contributed by atoms with van der Waals surface area (Å²) in [7, 11) is 1.62. The van der Waals surface area contributed by atoms with E-state index in [1.807, 2.05) is 5.43 Å². The van der Waals surface area contributed by atoms with Crippen molar-refractivity contribution in [1.82, 2.24) is 10.4 Å². The van der Waals surface area contributed by atoms with Gasteiger partial charge in [-0.1, -0.05) is 0 Å². The van der Waals surface area contributed by atoms with Crippen molar-refractivity contribution in [3.63, 3.8) is 0 Å². The van der Waals surface area contributed by atoms with Crippen LogP contribution in [0.1, 0.15) is 0 Å². The summed E-state index contributed by atoms with van der Waals surface area (Å²) >= 11 is 0. The lowest BCUT2D eigenvalue weighted by molar-refractivity contribution is 0.247. The van der Waals surface area contributed by atoms with Crippen LogP contribution in [0.3, 0.4) is 0 Å². The minimum Gasteiger partial charge on any atom is -0.296 e. The first-order chi connectivity index (χ1) is 5.75. The Morgan fingerprint density at radius 3 is 2.67 bits per heavy atom. The van der Waals surface area contributed by atoms with Crippen LogP contribution in [0.25, 0.3) is 0 Å². The van der Waals surface area contributed by atoms with Crippen molar-refractivity contribution in [3.05, 3.63) is 24.5 Å². The highest BCUT2D eigenvalue weighted by Gasteiger charge is 2.06. The molecule has 2 amide bonds. The van der Waals surface area contributed by atoms with E-state index in [2.05, 4.69) is 4.98 Å². The van der Waals surface area contributed by atoms with Crippen LogP contribution < -0.4 is 16.2 Å². The van der Waals surface area contributed by atoms with Gasteiger partial charge in [-0.25, -0.2) is 10.6 Å². The maximum atomic E-state index is 11.0. The maximum Gasteiger partial charge on any atom is 0.335 e. The molecule has 0 unspecified atom stereocenters. The number of hydrogen-bond donors (Lipinski definition) is 2. The van der Waals surface area contributed by atoms with E-state index in [-0.39, 0.29) is 6.03 Å². The predicted octanol–water partition coefficient (Wildman–Crippen LogP) is 0.101. The third-order valence-corrected chi connectivity index (χ3v) is 1.48. The minimum absolute atomic E-state index is 0.360. The highest BCUT2D eigenvalue weighted by molar-refractivity contribution is 5.90. The molecule has 0 aliphatic carbocycles. The van der Waals surface area contributed by atoms with Crippen molar-refractivity contribution >= 4 is 11.7 Å². The lowest BCUT2D eigenvalue weighted by atomic mass is 10.4. The number of urea groups is 1. The van der Waals surface area contributed by atoms with Crippen LogP contribution in [-0.4, -0.2) is 18.1 Å². The number of carbonyl (C=O) groups is 1. The third-order valence-electron chi connectivity index (χ3n) is 1.48. The zero-order chi connectivity index (χ0) is 8.97. The zero-order valence-corrected chi connectivity index (χ0v) is 6.69. The fraction of sp³-hybridized carbons (Fsp3) is 0.143. The number of pyridine rings is 1. The Labute approximate surface area is 70.2 Å². The quantitative estimate of drug-likeness (QED) is 0.353. The molecular weight excluding hydrogens is 156 g/mol. The Hall–Kier alpha value is -1.62. The van der Waals surface area contributed by atoms with Crippen LogP contribution in [-0.2, 0) is 0 Å². The van der Waals surface area contributed by atoms with E-state index >= 15 is 0 Å². The van der Waals surface area contributed by atoms with E-state index in [1.165, 1.54) is 4.90 Å². The number of nitrogens with zero attached hydrogens (tertiary/aromatic N) is 2. The molecule has 0 aromatic carbocycles. The molecule has 0 bridgehead atoms. The molecule has 1 aromatic heterocycles. The van der Waals surface area contributed by atoms with Crippen LogP contribution in [0.4, 0.5) is 10.5 Å². The topological polar surface area (TPSA) is 71.2 Å². The second-order valence-corrected chi connectivity index (χ2v) is 2.21. The van der Waals surface area contributed by atoms with Gasteiger partial charge in [0.25, 0.3) is 0 Å². The van der Waals surface area contributed by atoms with Gasteiger partial charge in [0.15, 0.2) is 0 Å². The largest absolute Gasteiger partial charge is 0.335 e. The lowest BCUT2D eigenvalue weighted by Gasteiger charge is -2.15. The molecule has 5 heteroatoms. The van der Waals surface area contributed by atoms with Crippen molar-refractivity contribution in [3.8, 4) is 0 Å². The van der Waals surface area contributed by atoms with E-state index < -0.39 is 0 Å². The fourth-order valence-electron chi connectivity index (χ4n) is 0.782. The van der Waals surface area contributed by atoms with Crippen molar-refractivity contribution < 1.29 is 4.79 Å². The molecule has 5 nitrogen and oxygen atoms in total. The van der Waals surface area contributed by atoms with Crippen molar-refractivity contribution in [2.45, 2.75) is 0 Å². The van der Waals surface area contributed by atoms with E-state index in [0.29, 0.717) is 0 Å². The fourth-order valence-corrected chi connectivity index (χ4v) is 0.782. The normalized spacial score (nSPS) is 9.17. The van der Waals surface area contributed by atoms with Gasteiger partial charge < -0.3 is 0 Å². The SMILES string of the molecule is CN(C(=O)NN)c1ccncc1. The first-order valence-electron chi connectivity index (χ1n) is 3.40. The number of hydrazine groups is 1. The summed E-state index contributed by atoms with van der Waals surface area (Å²) in [6.45, 7) is 0. The van der Waals surface area contributed by atoms with Crippen LogP contribution in [0.15, 0.2) is 24.5 Å². The Bertz CT molecular complexity index is 261. The van der Waals surface area contributed by atoms with Gasteiger partial charge in [0.1, 0.15) is 0 Å². The summed E-state index contributed by atoms with van der Waals surface area (Å²) in [6.07, 6.45) is 3.21.